The van der Waals surface area contributed by atoms with Gasteiger partial charge in [0.15, 0.2) is 0 Å². The van der Waals surface area contributed by atoms with Crippen molar-refractivity contribution in [1.82, 2.24) is 0 Å². The maximum absolute atomic E-state index is 10.6. The second kappa shape index (κ2) is 5.10. The molecule has 2 rings (SSSR count). The average molecular weight is 263 g/mol. The quantitative estimate of drug-likeness (QED) is 0.892. The lowest BCUT2D eigenvalue weighted by molar-refractivity contribution is -0.136. The highest BCUT2D eigenvalue weighted by molar-refractivity contribution is 6.33. The van der Waals surface area contributed by atoms with E-state index in [9.17, 15) is 9.90 Å². The van der Waals surface area contributed by atoms with Crippen molar-refractivity contribution in [1.29, 1.82) is 0 Å². The van der Waals surface area contributed by atoms with Crippen LogP contribution in [0.4, 0.5) is 0 Å². The van der Waals surface area contributed by atoms with Gasteiger partial charge < -0.3 is 10.2 Å². The monoisotopic (exact) mass is 262 g/mol. The fourth-order valence-corrected chi connectivity index (χ4v) is 2.06. The standard InChI is InChI=1S/C14H11ClO3/c15-13-6-9(7-14(17)18)4-5-12(13)10-2-1-3-11(16)8-10/h1-6,8,16H,7H2,(H,17,18). The van der Waals surface area contributed by atoms with E-state index in [2.05, 4.69) is 0 Å². The van der Waals surface area contributed by atoms with E-state index in [1.807, 2.05) is 6.07 Å². The fourth-order valence-electron chi connectivity index (χ4n) is 1.75. The summed E-state index contributed by atoms with van der Waals surface area (Å²) >= 11 is 6.13. The second-order valence-electron chi connectivity index (χ2n) is 3.94. The van der Waals surface area contributed by atoms with Gasteiger partial charge in [-0.2, -0.15) is 0 Å². The fraction of sp³-hybridized carbons (Fsp3) is 0.0714. The number of phenolic OH excluding ortho intramolecular Hbond substituents is 1. The van der Waals surface area contributed by atoms with E-state index in [1.54, 1.807) is 36.4 Å². The molecule has 2 N–H and O–H groups in total. The highest BCUT2D eigenvalue weighted by Crippen LogP contribution is 2.30. The Balaban J connectivity index is 2.38. The summed E-state index contributed by atoms with van der Waals surface area (Å²) < 4.78 is 0. The van der Waals surface area contributed by atoms with Crippen molar-refractivity contribution in [2.24, 2.45) is 0 Å². The minimum absolute atomic E-state index is 0.0555. The molecule has 2 aromatic rings. The molecular weight excluding hydrogens is 252 g/mol. The Kier molecular flexibility index (Phi) is 3.53. The lowest BCUT2D eigenvalue weighted by atomic mass is 10.0. The van der Waals surface area contributed by atoms with E-state index in [4.69, 9.17) is 16.7 Å². The van der Waals surface area contributed by atoms with Gasteiger partial charge in [-0.05, 0) is 29.3 Å². The largest absolute Gasteiger partial charge is 0.508 e. The summed E-state index contributed by atoms with van der Waals surface area (Å²) in [6, 6.07) is 11.9. The summed E-state index contributed by atoms with van der Waals surface area (Å²) in [6.45, 7) is 0. The van der Waals surface area contributed by atoms with Gasteiger partial charge >= 0.3 is 5.97 Å². The molecule has 0 radical (unpaired) electrons. The molecule has 0 heterocycles. The van der Waals surface area contributed by atoms with Crippen LogP contribution in [0.15, 0.2) is 42.5 Å². The van der Waals surface area contributed by atoms with Crippen molar-refractivity contribution in [3.8, 4) is 16.9 Å². The predicted molar refractivity (Wildman–Crippen MR) is 69.9 cm³/mol. The summed E-state index contributed by atoms with van der Waals surface area (Å²) in [7, 11) is 0. The normalized spacial score (nSPS) is 10.3. The summed E-state index contributed by atoms with van der Waals surface area (Å²) in [4.78, 5) is 10.6. The Morgan fingerprint density at radius 3 is 2.56 bits per heavy atom. The maximum atomic E-state index is 10.6. The first-order valence-electron chi connectivity index (χ1n) is 5.36. The number of aliphatic carboxylic acids is 1. The van der Waals surface area contributed by atoms with E-state index in [-0.39, 0.29) is 12.2 Å². The molecule has 0 amide bonds. The number of phenols is 1. The molecule has 0 saturated carbocycles. The third-order valence-electron chi connectivity index (χ3n) is 2.55. The molecule has 3 nitrogen and oxygen atoms in total. The van der Waals surface area contributed by atoms with Crippen LogP contribution in [0, 0.1) is 0 Å². The second-order valence-corrected chi connectivity index (χ2v) is 4.34. The molecule has 0 fully saturated rings. The van der Waals surface area contributed by atoms with Crippen molar-refractivity contribution < 1.29 is 15.0 Å². The number of benzene rings is 2. The van der Waals surface area contributed by atoms with Crippen LogP contribution in [0.1, 0.15) is 5.56 Å². The van der Waals surface area contributed by atoms with Gasteiger partial charge in [-0.3, -0.25) is 4.79 Å². The van der Waals surface area contributed by atoms with Gasteiger partial charge in [-0.25, -0.2) is 0 Å². The Hall–Kier alpha value is -2.00. The van der Waals surface area contributed by atoms with Crippen LogP contribution < -0.4 is 0 Å². The summed E-state index contributed by atoms with van der Waals surface area (Å²) in [6.07, 6.45) is -0.0555. The van der Waals surface area contributed by atoms with Crippen molar-refractivity contribution in [3.63, 3.8) is 0 Å². The maximum Gasteiger partial charge on any atom is 0.307 e. The van der Waals surface area contributed by atoms with E-state index < -0.39 is 5.97 Å². The first kappa shape index (κ1) is 12.5. The Morgan fingerprint density at radius 2 is 1.94 bits per heavy atom. The van der Waals surface area contributed by atoms with Gasteiger partial charge in [0.25, 0.3) is 0 Å². The van der Waals surface area contributed by atoms with Gasteiger partial charge in [0.05, 0.1) is 6.42 Å². The average Bonchev–Trinajstić information content (AvgIpc) is 2.28. The summed E-state index contributed by atoms with van der Waals surface area (Å²) in [5.74, 6) is -0.727. The molecule has 0 aliphatic rings. The molecular formula is C14H11ClO3. The summed E-state index contributed by atoms with van der Waals surface area (Å²) in [5, 5.41) is 18.6. The van der Waals surface area contributed by atoms with Gasteiger partial charge in [0.2, 0.25) is 0 Å². The molecule has 0 aromatic heterocycles. The van der Waals surface area contributed by atoms with Gasteiger partial charge in [0.1, 0.15) is 5.75 Å². The number of halogens is 1. The molecule has 0 bridgehead atoms. The van der Waals surface area contributed by atoms with Crippen LogP contribution in [0.2, 0.25) is 5.02 Å². The zero-order valence-corrected chi connectivity index (χ0v) is 10.2. The van der Waals surface area contributed by atoms with Gasteiger partial charge in [-0.1, -0.05) is 35.9 Å². The first-order valence-corrected chi connectivity index (χ1v) is 5.73. The zero-order valence-electron chi connectivity index (χ0n) is 9.43. The van der Waals surface area contributed by atoms with E-state index >= 15 is 0 Å². The Morgan fingerprint density at radius 1 is 1.17 bits per heavy atom. The van der Waals surface area contributed by atoms with Crippen LogP contribution in [-0.2, 0) is 11.2 Å². The molecule has 0 aliphatic heterocycles. The highest BCUT2D eigenvalue weighted by atomic mass is 35.5. The van der Waals surface area contributed by atoms with E-state index in [0.29, 0.717) is 10.6 Å². The number of carbonyl (C=O) groups is 1. The van der Waals surface area contributed by atoms with Gasteiger partial charge in [0, 0.05) is 10.6 Å². The smallest absolute Gasteiger partial charge is 0.307 e. The van der Waals surface area contributed by atoms with Crippen molar-refractivity contribution >= 4 is 17.6 Å². The number of aromatic hydroxyl groups is 1. The van der Waals surface area contributed by atoms with Crippen LogP contribution in [0.25, 0.3) is 11.1 Å². The van der Waals surface area contributed by atoms with E-state index in [0.717, 1.165) is 11.1 Å². The SMILES string of the molecule is O=C(O)Cc1ccc(-c2cccc(O)c2)c(Cl)c1. The molecule has 2 aromatic carbocycles. The predicted octanol–water partition coefficient (Wildman–Crippen LogP) is 3.34. The highest BCUT2D eigenvalue weighted by Gasteiger charge is 2.07. The molecule has 0 aliphatic carbocycles. The van der Waals surface area contributed by atoms with Crippen molar-refractivity contribution in [2.75, 3.05) is 0 Å². The number of rotatable bonds is 3. The third-order valence-corrected chi connectivity index (χ3v) is 2.86. The first-order chi connectivity index (χ1) is 8.56. The molecule has 0 saturated heterocycles. The lowest BCUT2D eigenvalue weighted by Gasteiger charge is -2.07. The molecule has 0 spiro atoms. The van der Waals surface area contributed by atoms with Crippen LogP contribution in [-0.4, -0.2) is 16.2 Å². The Labute approximate surface area is 109 Å². The third kappa shape index (κ3) is 2.81. The minimum atomic E-state index is -0.892. The number of hydrogen-bond acceptors (Lipinski definition) is 2. The lowest BCUT2D eigenvalue weighted by Crippen LogP contribution is -1.99. The number of carboxylic acid groups (broad SMARTS) is 1. The van der Waals surface area contributed by atoms with Crippen molar-refractivity contribution in [2.45, 2.75) is 6.42 Å². The molecule has 0 unspecified atom stereocenters. The molecule has 18 heavy (non-hydrogen) atoms. The zero-order chi connectivity index (χ0) is 13.1. The summed E-state index contributed by atoms with van der Waals surface area (Å²) in [5.41, 5.74) is 2.21. The van der Waals surface area contributed by atoms with E-state index in [1.165, 1.54) is 0 Å². The van der Waals surface area contributed by atoms with Crippen molar-refractivity contribution in [3.05, 3.63) is 53.1 Å². The minimum Gasteiger partial charge on any atom is -0.508 e. The number of carboxylic acids is 1. The Bertz CT molecular complexity index is 593. The van der Waals surface area contributed by atoms with Gasteiger partial charge in [-0.15, -0.1) is 0 Å². The molecule has 92 valence electrons. The van der Waals surface area contributed by atoms with Crippen LogP contribution >= 0.6 is 11.6 Å². The molecule has 4 heteroatoms. The number of hydrogen-bond donors (Lipinski definition) is 2. The van der Waals surface area contributed by atoms with Crippen LogP contribution in [0.3, 0.4) is 0 Å². The topological polar surface area (TPSA) is 57.5 Å². The van der Waals surface area contributed by atoms with Crippen LogP contribution in [0.5, 0.6) is 5.75 Å². The molecule has 0 atom stereocenters.